The molecule has 7 nitrogen and oxygen atoms in total. The van der Waals surface area contributed by atoms with Gasteiger partial charge in [-0.15, -0.1) is 0 Å². The number of aryl methyl sites for hydroxylation is 1. The number of rotatable bonds is 13. The second-order valence-corrected chi connectivity index (χ2v) is 12.6. The number of nitrogens with one attached hydrogen (secondary N) is 2. The molecular weight excluding hydrogens is 538 g/mol. The van der Waals surface area contributed by atoms with Crippen molar-refractivity contribution in [2.24, 2.45) is 5.92 Å². The Kier molecular flexibility index (Phi) is 12.2. The molecule has 2 N–H and O–H groups in total. The topological polar surface area (TPSA) is 87.7 Å². The summed E-state index contributed by atoms with van der Waals surface area (Å²) in [6.45, 7) is 13.6. The van der Waals surface area contributed by atoms with Crippen LogP contribution in [0.15, 0.2) is 66.7 Å². The van der Waals surface area contributed by atoms with E-state index >= 15 is 0 Å². The normalized spacial score (nSPS) is 12.9. The second-order valence-electron chi connectivity index (χ2n) is 12.6. The predicted molar refractivity (Wildman–Crippen MR) is 175 cm³/mol. The van der Waals surface area contributed by atoms with Gasteiger partial charge in [-0.05, 0) is 74.1 Å². The summed E-state index contributed by atoms with van der Waals surface area (Å²) in [5.74, 6) is -0.840. The third-order valence-electron chi connectivity index (χ3n) is 7.45. The molecule has 3 aromatic rings. The monoisotopic (exact) mass is 587 g/mol. The first-order valence-electron chi connectivity index (χ1n) is 15.6. The molecule has 0 saturated heterocycles. The smallest absolute Gasteiger partial charge is 0.408 e. The van der Waals surface area contributed by atoms with Crippen molar-refractivity contribution in [3.63, 3.8) is 0 Å². The number of nitrogens with zero attached hydrogens (tertiary/aromatic N) is 1. The number of hydrogen-bond acceptors (Lipinski definition) is 4. The average Bonchev–Trinajstić information content (AvgIpc) is 2.94. The summed E-state index contributed by atoms with van der Waals surface area (Å²) in [5, 5.41) is 8.00. The highest BCUT2D eigenvalue weighted by Gasteiger charge is 2.38. The number of alkyl carbamates (subject to hydrolysis) is 1. The second kappa shape index (κ2) is 15.6. The molecule has 0 radical (unpaired) electrons. The van der Waals surface area contributed by atoms with Crippen LogP contribution in [0.25, 0.3) is 10.8 Å². The molecule has 3 aromatic carbocycles. The minimum absolute atomic E-state index is 0.233. The zero-order chi connectivity index (χ0) is 31.6. The SMILES string of the molecule is CCCCCCCN(C(=O)C(NC(=O)OC(C)(C)C)C(C)C)C(C(=O)Nc1ccc2ccccc2c1)c1ccccc1C. The molecule has 0 saturated carbocycles. The molecule has 0 heterocycles. The molecule has 0 aliphatic heterocycles. The van der Waals surface area contributed by atoms with E-state index in [-0.39, 0.29) is 17.7 Å². The van der Waals surface area contributed by atoms with Crippen molar-refractivity contribution in [1.29, 1.82) is 0 Å². The number of carbonyl (C=O) groups excluding carboxylic acids is 3. The Labute approximate surface area is 257 Å². The summed E-state index contributed by atoms with van der Waals surface area (Å²) in [6, 6.07) is 19.7. The van der Waals surface area contributed by atoms with E-state index < -0.39 is 23.8 Å². The minimum atomic E-state index is -0.895. The van der Waals surface area contributed by atoms with Gasteiger partial charge in [-0.2, -0.15) is 0 Å². The van der Waals surface area contributed by atoms with E-state index in [0.717, 1.165) is 54.0 Å². The Morgan fingerprint density at radius 1 is 0.860 bits per heavy atom. The Balaban J connectivity index is 2.02. The molecule has 2 unspecified atom stereocenters. The van der Waals surface area contributed by atoms with Crippen LogP contribution in [-0.2, 0) is 14.3 Å². The van der Waals surface area contributed by atoms with Gasteiger partial charge in [-0.3, -0.25) is 9.59 Å². The van der Waals surface area contributed by atoms with Gasteiger partial charge in [-0.25, -0.2) is 4.79 Å². The van der Waals surface area contributed by atoms with Gasteiger partial charge in [0, 0.05) is 12.2 Å². The average molecular weight is 588 g/mol. The van der Waals surface area contributed by atoms with Crippen molar-refractivity contribution in [2.75, 3.05) is 11.9 Å². The first-order valence-corrected chi connectivity index (χ1v) is 15.6. The first-order chi connectivity index (χ1) is 20.4. The zero-order valence-corrected chi connectivity index (χ0v) is 26.9. The summed E-state index contributed by atoms with van der Waals surface area (Å²) in [4.78, 5) is 43.2. The fourth-order valence-electron chi connectivity index (χ4n) is 5.20. The Hall–Kier alpha value is -3.87. The van der Waals surface area contributed by atoms with Crippen LogP contribution in [0.4, 0.5) is 10.5 Å². The summed E-state index contributed by atoms with van der Waals surface area (Å²) in [5.41, 5.74) is 1.61. The highest BCUT2D eigenvalue weighted by Crippen LogP contribution is 2.29. The lowest BCUT2D eigenvalue weighted by atomic mass is 9.95. The molecule has 0 bridgehead atoms. The number of ether oxygens (including phenoxy) is 1. The fourth-order valence-corrected chi connectivity index (χ4v) is 5.20. The van der Waals surface area contributed by atoms with Gasteiger partial charge in [0.1, 0.15) is 17.7 Å². The quantitative estimate of drug-likeness (QED) is 0.197. The lowest BCUT2D eigenvalue weighted by Crippen LogP contribution is -2.54. The van der Waals surface area contributed by atoms with Crippen molar-refractivity contribution < 1.29 is 19.1 Å². The van der Waals surface area contributed by atoms with Gasteiger partial charge >= 0.3 is 6.09 Å². The van der Waals surface area contributed by atoms with Crippen molar-refractivity contribution in [3.8, 4) is 0 Å². The van der Waals surface area contributed by atoms with Crippen molar-refractivity contribution in [1.82, 2.24) is 10.2 Å². The zero-order valence-electron chi connectivity index (χ0n) is 26.9. The number of amides is 3. The first kappa shape index (κ1) is 33.6. The molecule has 0 spiro atoms. The van der Waals surface area contributed by atoms with Gasteiger partial charge in [-0.1, -0.05) is 101 Å². The predicted octanol–water partition coefficient (Wildman–Crippen LogP) is 8.18. The number of fused-ring (bicyclic) bond motifs is 1. The highest BCUT2D eigenvalue weighted by atomic mass is 16.6. The van der Waals surface area contributed by atoms with Gasteiger partial charge in [0.25, 0.3) is 5.91 Å². The van der Waals surface area contributed by atoms with E-state index in [1.54, 1.807) is 25.7 Å². The van der Waals surface area contributed by atoms with E-state index in [2.05, 4.69) is 17.6 Å². The summed E-state index contributed by atoms with van der Waals surface area (Å²) in [7, 11) is 0. The lowest BCUT2D eigenvalue weighted by Gasteiger charge is -2.36. The van der Waals surface area contributed by atoms with Crippen LogP contribution >= 0.6 is 0 Å². The van der Waals surface area contributed by atoms with Crippen LogP contribution in [0, 0.1) is 12.8 Å². The maximum absolute atomic E-state index is 14.4. The van der Waals surface area contributed by atoms with Crippen LogP contribution in [0.5, 0.6) is 0 Å². The molecule has 7 heteroatoms. The minimum Gasteiger partial charge on any atom is -0.444 e. The molecular formula is C36H49N3O4. The van der Waals surface area contributed by atoms with Gasteiger partial charge in [0.05, 0.1) is 0 Å². The van der Waals surface area contributed by atoms with Crippen molar-refractivity contribution in [3.05, 3.63) is 77.9 Å². The molecule has 0 aliphatic rings. The largest absolute Gasteiger partial charge is 0.444 e. The molecule has 0 aliphatic carbocycles. The van der Waals surface area contributed by atoms with Gasteiger partial charge in [0.15, 0.2) is 0 Å². The Morgan fingerprint density at radius 2 is 1.51 bits per heavy atom. The van der Waals surface area contributed by atoms with Crippen LogP contribution in [0.2, 0.25) is 0 Å². The van der Waals surface area contributed by atoms with Gasteiger partial charge in [0.2, 0.25) is 5.91 Å². The summed E-state index contributed by atoms with van der Waals surface area (Å²) < 4.78 is 5.50. The number of benzene rings is 3. The van der Waals surface area contributed by atoms with E-state index in [0.29, 0.717) is 12.2 Å². The van der Waals surface area contributed by atoms with Crippen LogP contribution in [-0.4, -0.2) is 41.0 Å². The molecule has 0 aromatic heterocycles. The maximum Gasteiger partial charge on any atom is 0.408 e. The maximum atomic E-state index is 14.4. The Bertz CT molecular complexity index is 1380. The lowest BCUT2D eigenvalue weighted by molar-refractivity contribution is -0.141. The third kappa shape index (κ3) is 9.84. The molecule has 0 fully saturated rings. The molecule has 3 rings (SSSR count). The van der Waals surface area contributed by atoms with E-state index in [1.165, 1.54) is 0 Å². The number of unbranched alkanes of at least 4 members (excludes halogenated alkanes) is 4. The fraction of sp³-hybridized carbons (Fsp3) is 0.472. The van der Waals surface area contributed by atoms with Crippen molar-refractivity contribution >= 4 is 34.4 Å². The third-order valence-corrected chi connectivity index (χ3v) is 7.45. The van der Waals surface area contributed by atoms with Crippen molar-refractivity contribution in [2.45, 2.75) is 98.3 Å². The summed E-state index contributed by atoms with van der Waals surface area (Å²) >= 11 is 0. The van der Waals surface area contributed by atoms with E-state index in [1.807, 2.05) is 87.5 Å². The molecule has 2 atom stereocenters. The van der Waals surface area contributed by atoms with Crippen LogP contribution in [0.1, 0.15) is 90.8 Å². The van der Waals surface area contributed by atoms with E-state index in [4.69, 9.17) is 4.74 Å². The number of carbonyl (C=O) groups is 3. The summed E-state index contributed by atoms with van der Waals surface area (Å²) in [6.07, 6.45) is 4.31. The van der Waals surface area contributed by atoms with Crippen LogP contribution < -0.4 is 10.6 Å². The number of anilines is 1. The Morgan fingerprint density at radius 3 is 2.16 bits per heavy atom. The number of hydrogen-bond donors (Lipinski definition) is 2. The molecule has 232 valence electrons. The molecule has 43 heavy (non-hydrogen) atoms. The van der Waals surface area contributed by atoms with E-state index in [9.17, 15) is 14.4 Å². The van der Waals surface area contributed by atoms with Gasteiger partial charge < -0.3 is 20.3 Å². The van der Waals surface area contributed by atoms with Crippen LogP contribution in [0.3, 0.4) is 0 Å². The highest BCUT2D eigenvalue weighted by molar-refractivity contribution is 6.00. The standard InChI is InChI=1S/C36H49N3O4/c1-8-9-10-11-16-23-39(34(41)31(25(2)3)38-35(42)43-36(5,6)7)32(30-20-15-12-17-26(30)4)33(40)37-29-22-21-27-18-13-14-19-28(27)24-29/h12-15,17-22,24-25,31-32H,8-11,16,23H2,1-7H3,(H,37,40)(H,38,42). The molecule has 3 amide bonds.